The van der Waals surface area contributed by atoms with Gasteiger partial charge in [-0.05, 0) is 32.6 Å². The molecular weight excluding hydrogens is 242 g/mol. The van der Waals surface area contributed by atoms with Crippen molar-refractivity contribution in [3.05, 3.63) is 0 Å². The molecule has 1 N–H and O–H groups in total. The summed E-state index contributed by atoms with van der Waals surface area (Å²) in [6.45, 7) is 5.79. The summed E-state index contributed by atoms with van der Waals surface area (Å²) in [5.74, 6) is 0.105. The molecular formula is C14H23N3O2. The molecule has 5 nitrogen and oxygen atoms in total. The lowest BCUT2D eigenvalue weighted by atomic mass is 10.0. The van der Waals surface area contributed by atoms with E-state index in [2.05, 4.69) is 10.2 Å². The first-order chi connectivity index (χ1) is 9.11. The summed E-state index contributed by atoms with van der Waals surface area (Å²) in [5.41, 5.74) is 0. The maximum absolute atomic E-state index is 12.4. The molecule has 2 aliphatic heterocycles. The molecule has 3 fully saturated rings. The lowest BCUT2D eigenvalue weighted by Gasteiger charge is -2.41. The summed E-state index contributed by atoms with van der Waals surface area (Å²) >= 11 is 0. The molecule has 0 spiro atoms. The lowest BCUT2D eigenvalue weighted by molar-refractivity contribution is -0.151. The number of carbonyl (C=O) groups is 2. The summed E-state index contributed by atoms with van der Waals surface area (Å²) in [4.78, 5) is 28.8. The average Bonchev–Trinajstić information content (AvgIpc) is 3.12. The molecule has 3 unspecified atom stereocenters. The number of likely N-dealkylation sites (tertiary alicyclic amines) is 1. The van der Waals surface area contributed by atoms with Gasteiger partial charge in [0.15, 0.2) is 0 Å². The van der Waals surface area contributed by atoms with E-state index in [0.717, 1.165) is 25.6 Å². The van der Waals surface area contributed by atoms with Crippen molar-refractivity contribution in [2.45, 2.75) is 63.7 Å². The van der Waals surface area contributed by atoms with E-state index >= 15 is 0 Å². The molecule has 3 aliphatic rings. The van der Waals surface area contributed by atoms with Crippen molar-refractivity contribution in [2.24, 2.45) is 0 Å². The van der Waals surface area contributed by atoms with E-state index in [4.69, 9.17) is 0 Å². The fraction of sp³-hybridized carbons (Fsp3) is 0.857. The molecule has 0 aromatic heterocycles. The molecule has 1 aliphatic carbocycles. The van der Waals surface area contributed by atoms with Crippen molar-refractivity contribution in [2.75, 3.05) is 13.1 Å². The molecule has 2 amide bonds. The number of piperazine rings is 1. The van der Waals surface area contributed by atoms with Crippen LogP contribution < -0.4 is 5.32 Å². The van der Waals surface area contributed by atoms with Gasteiger partial charge < -0.3 is 10.2 Å². The van der Waals surface area contributed by atoms with Gasteiger partial charge in [-0.25, -0.2) is 0 Å². The van der Waals surface area contributed by atoms with Crippen LogP contribution >= 0.6 is 0 Å². The van der Waals surface area contributed by atoms with Gasteiger partial charge in [-0.2, -0.15) is 0 Å². The van der Waals surface area contributed by atoms with E-state index in [9.17, 15) is 9.59 Å². The Hall–Kier alpha value is -1.10. The van der Waals surface area contributed by atoms with E-state index in [1.165, 1.54) is 12.8 Å². The van der Waals surface area contributed by atoms with Gasteiger partial charge in [0.1, 0.15) is 12.1 Å². The van der Waals surface area contributed by atoms with Crippen molar-refractivity contribution in [3.8, 4) is 0 Å². The molecule has 2 heterocycles. The van der Waals surface area contributed by atoms with Crippen LogP contribution in [0.5, 0.6) is 0 Å². The highest BCUT2D eigenvalue weighted by Crippen LogP contribution is 2.32. The normalized spacial score (nSPS) is 36.7. The van der Waals surface area contributed by atoms with Crippen LogP contribution in [0.2, 0.25) is 0 Å². The van der Waals surface area contributed by atoms with E-state index < -0.39 is 0 Å². The number of hydrogen-bond acceptors (Lipinski definition) is 3. The maximum Gasteiger partial charge on any atom is 0.245 e. The number of hydrogen-bond donors (Lipinski definition) is 1. The molecule has 106 valence electrons. The smallest absolute Gasteiger partial charge is 0.245 e. The van der Waals surface area contributed by atoms with Crippen LogP contribution in [0.1, 0.15) is 39.5 Å². The fourth-order valence-electron chi connectivity index (χ4n) is 3.46. The molecule has 0 aromatic rings. The highest BCUT2D eigenvalue weighted by molar-refractivity contribution is 5.96. The molecule has 5 heteroatoms. The minimum atomic E-state index is -0.370. The standard InChI is InChI=1S/C14H23N3O2/c1-3-12-13(18)15-9(2)14(19)17(12)11-6-7-16(8-11)10-4-5-10/h9-12H,3-8H2,1-2H3,(H,15,18). The molecule has 0 bridgehead atoms. The topological polar surface area (TPSA) is 52.7 Å². The highest BCUT2D eigenvalue weighted by Gasteiger charge is 2.44. The number of carbonyl (C=O) groups excluding carboxylic acids is 2. The van der Waals surface area contributed by atoms with Crippen molar-refractivity contribution in [3.63, 3.8) is 0 Å². The van der Waals surface area contributed by atoms with E-state index in [-0.39, 0.29) is 29.9 Å². The van der Waals surface area contributed by atoms with Gasteiger partial charge in [-0.1, -0.05) is 6.92 Å². The predicted molar refractivity (Wildman–Crippen MR) is 71.5 cm³/mol. The number of nitrogens with one attached hydrogen (secondary N) is 1. The zero-order chi connectivity index (χ0) is 13.6. The third-order valence-electron chi connectivity index (χ3n) is 4.66. The van der Waals surface area contributed by atoms with Gasteiger partial charge in [0.05, 0.1) is 0 Å². The van der Waals surface area contributed by atoms with E-state index in [0.29, 0.717) is 6.42 Å². The summed E-state index contributed by atoms with van der Waals surface area (Å²) in [7, 11) is 0. The first-order valence-corrected chi connectivity index (χ1v) is 7.48. The van der Waals surface area contributed by atoms with Crippen molar-refractivity contribution in [1.82, 2.24) is 15.1 Å². The van der Waals surface area contributed by atoms with Crippen LogP contribution in [0.3, 0.4) is 0 Å². The summed E-state index contributed by atoms with van der Waals surface area (Å²) in [6, 6.07) is 0.334. The first kappa shape index (κ1) is 12.9. The SMILES string of the molecule is CCC1C(=O)NC(C)C(=O)N1C1CCN(C2CC2)C1. The van der Waals surface area contributed by atoms with E-state index in [1.54, 1.807) is 6.92 Å². The van der Waals surface area contributed by atoms with Gasteiger partial charge >= 0.3 is 0 Å². The monoisotopic (exact) mass is 265 g/mol. The Balaban J connectivity index is 1.75. The zero-order valence-corrected chi connectivity index (χ0v) is 11.8. The molecule has 3 atom stereocenters. The average molecular weight is 265 g/mol. The molecule has 0 radical (unpaired) electrons. The summed E-state index contributed by atoms with van der Waals surface area (Å²) in [6.07, 6.45) is 4.31. The second-order valence-electron chi connectivity index (χ2n) is 6.07. The quantitative estimate of drug-likeness (QED) is 0.801. The van der Waals surface area contributed by atoms with Gasteiger partial charge in [-0.15, -0.1) is 0 Å². The van der Waals surface area contributed by atoms with Crippen LogP contribution in [0.15, 0.2) is 0 Å². The third kappa shape index (κ3) is 2.24. The minimum absolute atomic E-state index is 0.0134. The Morgan fingerprint density at radius 1 is 1.21 bits per heavy atom. The van der Waals surface area contributed by atoms with E-state index in [1.807, 2.05) is 11.8 Å². The third-order valence-corrected chi connectivity index (χ3v) is 4.66. The second-order valence-corrected chi connectivity index (χ2v) is 6.07. The molecule has 3 rings (SSSR count). The lowest BCUT2D eigenvalue weighted by Crippen LogP contribution is -2.65. The van der Waals surface area contributed by atoms with Crippen LogP contribution in [0, 0.1) is 0 Å². The Morgan fingerprint density at radius 3 is 2.58 bits per heavy atom. The Bertz CT molecular complexity index is 394. The van der Waals surface area contributed by atoms with Crippen molar-refractivity contribution in [1.29, 1.82) is 0 Å². The van der Waals surface area contributed by atoms with Gasteiger partial charge in [0.25, 0.3) is 0 Å². The van der Waals surface area contributed by atoms with Crippen molar-refractivity contribution >= 4 is 11.8 Å². The zero-order valence-electron chi connectivity index (χ0n) is 11.8. The van der Waals surface area contributed by atoms with Gasteiger partial charge in [0, 0.05) is 25.2 Å². The molecule has 19 heavy (non-hydrogen) atoms. The Morgan fingerprint density at radius 2 is 1.95 bits per heavy atom. The number of nitrogens with zero attached hydrogens (tertiary/aromatic N) is 2. The number of rotatable bonds is 3. The fourth-order valence-corrected chi connectivity index (χ4v) is 3.46. The van der Waals surface area contributed by atoms with Crippen LogP contribution in [0.4, 0.5) is 0 Å². The van der Waals surface area contributed by atoms with Gasteiger partial charge in [0.2, 0.25) is 11.8 Å². The first-order valence-electron chi connectivity index (χ1n) is 7.48. The Labute approximate surface area is 114 Å². The second kappa shape index (κ2) is 4.78. The maximum atomic E-state index is 12.4. The van der Waals surface area contributed by atoms with Crippen LogP contribution in [-0.4, -0.2) is 58.9 Å². The van der Waals surface area contributed by atoms with Crippen LogP contribution in [-0.2, 0) is 9.59 Å². The van der Waals surface area contributed by atoms with Crippen LogP contribution in [0.25, 0.3) is 0 Å². The predicted octanol–water partition coefficient (Wildman–Crippen LogP) is 0.349. The van der Waals surface area contributed by atoms with Crippen molar-refractivity contribution < 1.29 is 9.59 Å². The molecule has 1 saturated carbocycles. The Kier molecular flexibility index (Phi) is 3.25. The molecule has 2 saturated heterocycles. The highest BCUT2D eigenvalue weighted by atomic mass is 16.2. The molecule has 0 aromatic carbocycles. The summed E-state index contributed by atoms with van der Waals surface area (Å²) < 4.78 is 0. The number of amides is 2. The largest absolute Gasteiger partial charge is 0.343 e. The summed E-state index contributed by atoms with van der Waals surface area (Å²) in [5, 5.41) is 2.79. The minimum Gasteiger partial charge on any atom is -0.343 e. The van der Waals surface area contributed by atoms with Gasteiger partial charge in [-0.3, -0.25) is 14.5 Å².